The number of fused-ring (bicyclic) bond motifs is 1. The molecule has 4 rings (SSSR count). The van der Waals surface area contributed by atoms with Crippen LogP contribution < -0.4 is 14.8 Å². The molecule has 0 aliphatic carbocycles. The van der Waals surface area contributed by atoms with Crippen molar-refractivity contribution in [2.45, 2.75) is 38.3 Å². The predicted molar refractivity (Wildman–Crippen MR) is 113 cm³/mol. The molecule has 1 N–H and O–H groups in total. The number of nitrogens with zero attached hydrogens (tertiary/aromatic N) is 1. The topological polar surface area (TPSA) is 50.8 Å². The number of carbonyl (C=O) groups is 1. The molecule has 1 fully saturated rings. The zero-order chi connectivity index (χ0) is 20.1. The van der Waals surface area contributed by atoms with Crippen LogP contribution >= 0.6 is 0 Å². The Hall–Kier alpha value is -2.53. The Kier molecular flexibility index (Phi) is 6.35. The molecule has 0 saturated carbocycles. The van der Waals surface area contributed by atoms with Crippen LogP contribution in [0, 0.1) is 5.92 Å². The first-order chi connectivity index (χ1) is 14.2. The molecule has 154 valence electrons. The van der Waals surface area contributed by atoms with Gasteiger partial charge in [-0.2, -0.15) is 0 Å². The van der Waals surface area contributed by atoms with Crippen LogP contribution in [0.15, 0.2) is 48.5 Å². The molecule has 0 aromatic heterocycles. The average Bonchev–Trinajstić information content (AvgIpc) is 3.29. The Morgan fingerprint density at radius 2 is 2.07 bits per heavy atom. The zero-order valence-electron chi connectivity index (χ0n) is 17.1. The third-order valence-electron chi connectivity index (χ3n) is 6.05. The SMILES string of the molecule is COc1ccc2c(c1)C(N(Cc1ccccc1)C(=O)CCC1CCNC1)CCO2. The van der Waals surface area contributed by atoms with E-state index in [1.165, 1.54) is 6.42 Å². The highest BCUT2D eigenvalue weighted by molar-refractivity contribution is 5.77. The van der Waals surface area contributed by atoms with Gasteiger partial charge in [-0.3, -0.25) is 4.79 Å². The average molecular weight is 395 g/mol. The second-order valence-corrected chi connectivity index (χ2v) is 7.96. The van der Waals surface area contributed by atoms with Crippen LogP contribution in [-0.2, 0) is 11.3 Å². The van der Waals surface area contributed by atoms with Crippen molar-refractivity contribution in [1.29, 1.82) is 0 Å². The number of amides is 1. The molecule has 5 nitrogen and oxygen atoms in total. The number of ether oxygens (including phenoxy) is 2. The number of benzene rings is 2. The zero-order valence-corrected chi connectivity index (χ0v) is 17.1. The summed E-state index contributed by atoms with van der Waals surface area (Å²) in [5, 5.41) is 3.40. The lowest BCUT2D eigenvalue weighted by molar-refractivity contribution is -0.135. The van der Waals surface area contributed by atoms with Crippen LogP contribution in [0.1, 0.15) is 42.9 Å². The van der Waals surface area contributed by atoms with E-state index in [2.05, 4.69) is 22.3 Å². The Morgan fingerprint density at radius 1 is 1.21 bits per heavy atom. The summed E-state index contributed by atoms with van der Waals surface area (Å²) >= 11 is 0. The van der Waals surface area contributed by atoms with Crippen molar-refractivity contribution < 1.29 is 14.3 Å². The highest BCUT2D eigenvalue weighted by Gasteiger charge is 2.31. The number of hydrogen-bond donors (Lipinski definition) is 1. The van der Waals surface area contributed by atoms with Crippen LogP contribution in [0.25, 0.3) is 0 Å². The van der Waals surface area contributed by atoms with Crippen molar-refractivity contribution in [3.63, 3.8) is 0 Å². The van der Waals surface area contributed by atoms with Gasteiger partial charge in [-0.25, -0.2) is 0 Å². The van der Waals surface area contributed by atoms with E-state index in [1.54, 1.807) is 7.11 Å². The second kappa shape index (κ2) is 9.31. The molecule has 29 heavy (non-hydrogen) atoms. The molecule has 1 amide bonds. The Morgan fingerprint density at radius 3 is 2.83 bits per heavy atom. The van der Waals surface area contributed by atoms with Gasteiger partial charge in [-0.1, -0.05) is 30.3 Å². The van der Waals surface area contributed by atoms with Gasteiger partial charge in [-0.05, 0) is 55.6 Å². The monoisotopic (exact) mass is 394 g/mol. The first kappa shape index (κ1) is 19.8. The van der Waals surface area contributed by atoms with E-state index >= 15 is 0 Å². The molecule has 0 bridgehead atoms. The van der Waals surface area contributed by atoms with Crippen molar-refractivity contribution >= 4 is 5.91 Å². The Bertz CT molecular complexity index is 818. The summed E-state index contributed by atoms with van der Waals surface area (Å²) in [6.07, 6.45) is 3.51. The smallest absolute Gasteiger partial charge is 0.223 e. The number of nitrogens with one attached hydrogen (secondary N) is 1. The van der Waals surface area contributed by atoms with Crippen molar-refractivity contribution in [1.82, 2.24) is 10.2 Å². The van der Waals surface area contributed by atoms with E-state index in [4.69, 9.17) is 9.47 Å². The molecule has 5 heteroatoms. The minimum atomic E-state index is 0.00302. The van der Waals surface area contributed by atoms with Crippen LogP contribution in [0.2, 0.25) is 0 Å². The lowest BCUT2D eigenvalue weighted by atomic mass is 9.96. The number of rotatable bonds is 7. The summed E-state index contributed by atoms with van der Waals surface area (Å²) in [7, 11) is 1.67. The van der Waals surface area contributed by atoms with E-state index in [9.17, 15) is 4.79 Å². The Labute approximate surface area is 173 Å². The standard InChI is InChI=1S/C24H30N2O3/c1-28-20-8-9-23-21(15-20)22(12-14-29-23)26(17-19-5-3-2-4-6-19)24(27)10-7-18-11-13-25-16-18/h2-6,8-9,15,18,22,25H,7,10-14,16-17H2,1H3. The van der Waals surface area contributed by atoms with Crippen molar-refractivity contribution in [3.8, 4) is 11.5 Å². The van der Waals surface area contributed by atoms with Gasteiger partial charge in [0.15, 0.2) is 0 Å². The number of methoxy groups -OCH3 is 1. The molecule has 1 saturated heterocycles. The maximum atomic E-state index is 13.4. The predicted octanol–water partition coefficient (Wildman–Crippen LogP) is 3.94. The van der Waals surface area contributed by atoms with E-state index in [-0.39, 0.29) is 11.9 Å². The van der Waals surface area contributed by atoms with E-state index in [1.807, 2.05) is 36.4 Å². The first-order valence-electron chi connectivity index (χ1n) is 10.6. The molecule has 2 aromatic rings. The van der Waals surface area contributed by atoms with Crippen molar-refractivity contribution in [3.05, 3.63) is 59.7 Å². The quantitative estimate of drug-likeness (QED) is 0.773. The molecular formula is C24H30N2O3. The van der Waals surface area contributed by atoms with Crippen LogP contribution in [0.4, 0.5) is 0 Å². The number of hydrogen-bond acceptors (Lipinski definition) is 4. The summed E-state index contributed by atoms with van der Waals surface area (Å²) in [6, 6.07) is 16.1. The van der Waals surface area contributed by atoms with Crippen molar-refractivity contribution in [2.24, 2.45) is 5.92 Å². The van der Waals surface area contributed by atoms with Gasteiger partial charge in [-0.15, -0.1) is 0 Å². The summed E-state index contributed by atoms with van der Waals surface area (Å²) in [5.74, 6) is 2.48. The fraction of sp³-hybridized carbons (Fsp3) is 0.458. The lowest BCUT2D eigenvalue weighted by Gasteiger charge is -2.36. The molecule has 2 atom stereocenters. The van der Waals surface area contributed by atoms with Gasteiger partial charge in [0.25, 0.3) is 0 Å². The minimum absolute atomic E-state index is 0.00302. The van der Waals surface area contributed by atoms with E-state index in [0.717, 1.165) is 48.6 Å². The maximum absolute atomic E-state index is 13.4. The lowest BCUT2D eigenvalue weighted by Crippen LogP contribution is -2.37. The highest BCUT2D eigenvalue weighted by atomic mass is 16.5. The van der Waals surface area contributed by atoms with Gasteiger partial charge in [0.2, 0.25) is 5.91 Å². The third-order valence-corrected chi connectivity index (χ3v) is 6.05. The van der Waals surface area contributed by atoms with Gasteiger partial charge >= 0.3 is 0 Å². The molecule has 2 heterocycles. The largest absolute Gasteiger partial charge is 0.497 e. The number of carbonyl (C=O) groups excluding carboxylic acids is 1. The minimum Gasteiger partial charge on any atom is -0.497 e. The van der Waals surface area contributed by atoms with Crippen LogP contribution in [-0.4, -0.2) is 37.6 Å². The summed E-state index contributed by atoms with van der Waals surface area (Å²) in [4.78, 5) is 15.5. The third kappa shape index (κ3) is 4.73. The fourth-order valence-corrected chi connectivity index (χ4v) is 4.39. The first-order valence-corrected chi connectivity index (χ1v) is 10.6. The van der Waals surface area contributed by atoms with Gasteiger partial charge < -0.3 is 19.7 Å². The van der Waals surface area contributed by atoms with Crippen molar-refractivity contribution in [2.75, 3.05) is 26.8 Å². The second-order valence-electron chi connectivity index (χ2n) is 7.96. The highest BCUT2D eigenvalue weighted by Crippen LogP contribution is 2.39. The molecule has 2 aromatic carbocycles. The van der Waals surface area contributed by atoms with Crippen LogP contribution in [0.3, 0.4) is 0 Å². The molecule has 0 radical (unpaired) electrons. The summed E-state index contributed by atoms with van der Waals surface area (Å²) in [6.45, 7) is 3.34. The van der Waals surface area contributed by atoms with E-state index in [0.29, 0.717) is 25.5 Å². The van der Waals surface area contributed by atoms with Crippen LogP contribution in [0.5, 0.6) is 11.5 Å². The molecule has 2 aliphatic rings. The molecule has 2 unspecified atom stereocenters. The molecule has 0 spiro atoms. The summed E-state index contributed by atoms with van der Waals surface area (Å²) < 4.78 is 11.3. The fourth-order valence-electron chi connectivity index (χ4n) is 4.39. The van der Waals surface area contributed by atoms with Gasteiger partial charge in [0.1, 0.15) is 11.5 Å². The molecular weight excluding hydrogens is 364 g/mol. The van der Waals surface area contributed by atoms with Gasteiger partial charge in [0, 0.05) is 24.9 Å². The Balaban J connectivity index is 1.58. The normalized spacial score (nSPS) is 20.6. The maximum Gasteiger partial charge on any atom is 0.223 e. The molecule has 2 aliphatic heterocycles. The van der Waals surface area contributed by atoms with Gasteiger partial charge in [0.05, 0.1) is 19.8 Å². The van der Waals surface area contributed by atoms with E-state index < -0.39 is 0 Å². The summed E-state index contributed by atoms with van der Waals surface area (Å²) in [5.41, 5.74) is 2.20.